The number of benzene rings is 2. The number of anilines is 1. The third-order valence-electron chi connectivity index (χ3n) is 5.96. The summed E-state index contributed by atoms with van der Waals surface area (Å²) in [7, 11) is -3.73. The Kier molecular flexibility index (Phi) is 8.72. The van der Waals surface area contributed by atoms with Crippen molar-refractivity contribution in [1.29, 1.82) is 0 Å². The van der Waals surface area contributed by atoms with Gasteiger partial charge in [-0.2, -0.15) is 4.31 Å². The maximum Gasteiger partial charge on any atom is 0.257 e. The quantitative estimate of drug-likeness (QED) is 0.513. The molecule has 0 saturated carbocycles. The first-order valence-corrected chi connectivity index (χ1v) is 13.0. The fourth-order valence-electron chi connectivity index (χ4n) is 4.03. The average molecular weight is 484 g/mol. The van der Waals surface area contributed by atoms with Gasteiger partial charge in [0.15, 0.2) is 0 Å². The maximum absolute atomic E-state index is 13.8. The lowest BCUT2D eigenvalue weighted by Gasteiger charge is -2.32. The highest BCUT2D eigenvalue weighted by molar-refractivity contribution is 7.89. The molecule has 0 unspecified atom stereocenters. The molecule has 1 fully saturated rings. The zero-order valence-corrected chi connectivity index (χ0v) is 21.0. The van der Waals surface area contributed by atoms with Crippen LogP contribution in [0.2, 0.25) is 0 Å². The molecule has 0 aromatic heterocycles. The predicted molar refractivity (Wildman–Crippen MR) is 134 cm³/mol. The van der Waals surface area contributed by atoms with Gasteiger partial charge < -0.3 is 14.5 Å². The summed E-state index contributed by atoms with van der Waals surface area (Å²) in [6.45, 7) is 9.08. The number of ether oxygens (including phenoxy) is 1. The molecular formula is C26H33N3O4S. The minimum atomic E-state index is -3.73. The van der Waals surface area contributed by atoms with Crippen LogP contribution in [0.3, 0.4) is 0 Å². The third-order valence-corrected chi connectivity index (χ3v) is 8.00. The van der Waals surface area contributed by atoms with Crippen LogP contribution < -0.4 is 4.90 Å². The first kappa shape index (κ1) is 25.8. The maximum atomic E-state index is 13.8. The van der Waals surface area contributed by atoms with Gasteiger partial charge in [-0.25, -0.2) is 8.42 Å². The molecule has 0 spiro atoms. The molecule has 2 aromatic carbocycles. The van der Waals surface area contributed by atoms with Crippen LogP contribution in [-0.2, 0) is 21.3 Å². The van der Waals surface area contributed by atoms with Gasteiger partial charge in [-0.3, -0.25) is 4.79 Å². The molecule has 1 heterocycles. The predicted octanol–water partition coefficient (Wildman–Crippen LogP) is 3.14. The Labute approximate surface area is 203 Å². The minimum Gasteiger partial charge on any atom is -0.378 e. The van der Waals surface area contributed by atoms with Crippen molar-refractivity contribution in [3.05, 3.63) is 59.2 Å². The molecule has 0 N–H and O–H groups in total. The number of nitrogens with zero attached hydrogens (tertiary/aromatic N) is 3. The molecule has 0 atom stereocenters. The number of hydrogen-bond donors (Lipinski definition) is 0. The van der Waals surface area contributed by atoms with Gasteiger partial charge in [0.05, 0.1) is 30.2 Å². The molecule has 1 aliphatic rings. The zero-order valence-electron chi connectivity index (χ0n) is 20.2. The van der Waals surface area contributed by atoms with E-state index >= 15 is 0 Å². The molecule has 2 aromatic rings. The van der Waals surface area contributed by atoms with Crippen LogP contribution in [-0.4, -0.2) is 69.5 Å². The number of aryl methyl sites for hydroxylation is 1. The molecule has 8 heteroatoms. The number of sulfonamides is 1. The van der Waals surface area contributed by atoms with Gasteiger partial charge in [-0.1, -0.05) is 49.6 Å². The topological polar surface area (TPSA) is 70.2 Å². The van der Waals surface area contributed by atoms with Gasteiger partial charge >= 0.3 is 0 Å². The smallest absolute Gasteiger partial charge is 0.257 e. The third kappa shape index (κ3) is 5.79. The fourth-order valence-corrected chi connectivity index (χ4v) is 5.52. The van der Waals surface area contributed by atoms with E-state index in [9.17, 15) is 13.2 Å². The van der Waals surface area contributed by atoms with E-state index in [4.69, 9.17) is 11.2 Å². The normalized spacial score (nSPS) is 14.1. The van der Waals surface area contributed by atoms with Crippen molar-refractivity contribution >= 4 is 21.6 Å². The molecule has 182 valence electrons. The van der Waals surface area contributed by atoms with Crippen molar-refractivity contribution in [1.82, 2.24) is 9.21 Å². The van der Waals surface area contributed by atoms with E-state index < -0.39 is 10.0 Å². The second-order valence-corrected chi connectivity index (χ2v) is 10.2. The lowest BCUT2D eigenvalue weighted by atomic mass is 10.1. The summed E-state index contributed by atoms with van der Waals surface area (Å²) in [4.78, 5) is 17.6. The number of carbonyl (C=O) groups excluding carboxylic acids is 1. The second-order valence-electron chi connectivity index (χ2n) is 8.22. The standard InChI is InChI=1S/C26H33N3O4S/c1-5-14-28(20-22-10-8-21(4)9-11-22)26(30)24-19-23(34(31,32)29(6-2)7-3)12-13-25(24)27-15-17-33-18-16-27/h1,8-13,19H,6-7,14-18,20H2,2-4H3. The van der Waals surface area contributed by atoms with Crippen molar-refractivity contribution in [2.45, 2.75) is 32.2 Å². The summed E-state index contributed by atoms with van der Waals surface area (Å²) in [6.07, 6.45) is 5.61. The van der Waals surface area contributed by atoms with E-state index in [2.05, 4.69) is 10.8 Å². The summed E-state index contributed by atoms with van der Waals surface area (Å²) in [6, 6.07) is 12.7. The van der Waals surface area contributed by atoms with Gasteiger partial charge in [-0.05, 0) is 30.7 Å². The first-order chi connectivity index (χ1) is 16.3. The number of carbonyl (C=O) groups is 1. The second kappa shape index (κ2) is 11.5. The average Bonchev–Trinajstić information content (AvgIpc) is 2.85. The minimum absolute atomic E-state index is 0.104. The first-order valence-electron chi connectivity index (χ1n) is 11.6. The summed E-state index contributed by atoms with van der Waals surface area (Å²) < 4.78 is 33.3. The van der Waals surface area contributed by atoms with E-state index in [1.807, 2.05) is 31.2 Å². The highest BCUT2D eigenvalue weighted by atomic mass is 32.2. The van der Waals surface area contributed by atoms with E-state index in [0.717, 1.165) is 11.1 Å². The molecular weight excluding hydrogens is 450 g/mol. The summed E-state index contributed by atoms with van der Waals surface area (Å²) in [5.41, 5.74) is 3.10. The van der Waals surface area contributed by atoms with Crippen LogP contribution >= 0.6 is 0 Å². The molecule has 3 rings (SSSR count). The lowest BCUT2D eigenvalue weighted by Crippen LogP contribution is -2.39. The molecule has 1 aliphatic heterocycles. The number of amides is 1. The van der Waals surface area contributed by atoms with Gasteiger partial charge in [0, 0.05) is 38.4 Å². The van der Waals surface area contributed by atoms with Gasteiger partial charge in [-0.15, -0.1) is 6.42 Å². The van der Waals surface area contributed by atoms with E-state index in [1.165, 1.54) is 10.4 Å². The summed E-state index contributed by atoms with van der Waals surface area (Å²) in [5.74, 6) is 2.28. The molecule has 0 radical (unpaired) electrons. The van der Waals surface area contributed by atoms with Crippen LogP contribution in [0.15, 0.2) is 47.4 Å². The van der Waals surface area contributed by atoms with Crippen LogP contribution in [0.4, 0.5) is 5.69 Å². The number of rotatable bonds is 9. The molecule has 0 bridgehead atoms. The van der Waals surface area contributed by atoms with Crippen molar-refractivity contribution in [3.8, 4) is 12.3 Å². The SMILES string of the molecule is C#CCN(Cc1ccc(C)cc1)C(=O)c1cc(S(=O)(=O)N(CC)CC)ccc1N1CCOCC1. The van der Waals surface area contributed by atoms with Crippen molar-refractivity contribution in [2.24, 2.45) is 0 Å². The summed E-state index contributed by atoms with van der Waals surface area (Å²) in [5, 5.41) is 0. The molecule has 34 heavy (non-hydrogen) atoms. The van der Waals surface area contributed by atoms with Gasteiger partial charge in [0.2, 0.25) is 10.0 Å². The Morgan fingerprint density at radius 2 is 1.74 bits per heavy atom. The molecule has 1 amide bonds. The largest absolute Gasteiger partial charge is 0.378 e. The summed E-state index contributed by atoms with van der Waals surface area (Å²) >= 11 is 0. The Hall–Kier alpha value is -2.86. The molecule has 0 aliphatic carbocycles. The van der Waals surface area contributed by atoms with Crippen LogP contribution in [0.5, 0.6) is 0 Å². The van der Waals surface area contributed by atoms with Crippen LogP contribution in [0.25, 0.3) is 0 Å². The number of terminal acetylenes is 1. The Morgan fingerprint density at radius 1 is 1.09 bits per heavy atom. The van der Waals surface area contributed by atoms with Crippen LogP contribution in [0.1, 0.15) is 35.3 Å². The lowest BCUT2D eigenvalue weighted by molar-refractivity contribution is 0.0765. The molecule has 1 saturated heterocycles. The zero-order chi connectivity index (χ0) is 24.7. The number of hydrogen-bond acceptors (Lipinski definition) is 5. The monoisotopic (exact) mass is 483 g/mol. The van der Waals surface area contributed by atoms with Gasteiger partial charge in [0.25, 0.3) is 5.91 Å². The number of morpholine rings is 1. The van der Waals surface area contributed by atoms with E-state index in [0.29, 0.717) is 57.2 Å². The highest BCUT2D eigenvalue weighted by Crippen LogP contribution is 2.28. The van der Waals surface area contributed by atoms with Crippen molar-refractivity contribution in [2.75, 3.05) is 50.8 Å². The van der Waals surface area contributed by atoms with E-state index in [-0.39, 0.29) is 17.3 Å². The van der Waals surface area contributed by atoms with E-state index in [1.54, 1.807) is 30.9 Å². The van der Waals surface area contributed by atoms with Crippen molar-refractivity contribution < 1.29 is 17.9 Å². The Morgan fingerprint density at radius 3 is 2.32 bits per heavy atom. The molecule has 7 nitrogen and oxygen atoms in total. The Balaban J connectivity index is 2.05. The van der Waals surface area contributed by atoms with Gasteiger partial charge in [0.1, 0.15) is 0 Å². The Bertz CT molecular complexity index is 1130. The van der Waals surface area contributed by atoms with Crippen LogP contribution in [0, 0.1) is 19.3 Å². The fraction of sp³-hybridized carbons (Fsp3) is 0.423. The highest BCUT2D eigenvalue weighted by Gasteiger charge is 2.28. The van der Waals surface area contributed by atoms with Crippen molar-refractivity contribution in [3.63, 3.8) is 0 Å².